The second-order valence-electron chi connectivity index (χ2n) is 3.67. The van der Waals surface area contributed by atoms with Crippen molar-refractivity contribution in [2.45, 2.75) is 20.8 Å². The molecule has 3 nitrogen and oxygen atoms in total. The first-order valence-corrected chi connectivity index (χ1v) is 5.59. The summed E-state index contributed by atoms with van der Waals surface area (Å²) >= 11 is 0. The smallest absolute Gasteiger partial charge is 0.333 e. The van der Waals surface area contributed by atoms with E-state index in [1.807, 2.05) is 31.2 Å². The SMILES string of the molecule is CCOC(=O)/C(C)=C(/C)c1ccccc1OC. The van der Waals surface area contributed by atoms with Gasteiger partial charge >= 0.3 is 5.97 Å². The average Bonchev–Trinajstić information content (AvgIpc) is 2.37. The lowest BCUT2D eigenvalue weighted by Gasteiger charge is -2.11. The number of carbonyl (C=O) groups is 1. The number of esters is 1. The average molecular weight is 234 g/mol. The van der Waals surface area contributed by atoms with E-state index in [1.165, 1.54) is 0 Å². The van der Waals surface area contributed by atoms with Crippen molar-refractivity contribution in [1.82, 2.24) is 0 Å². The van der Waals surface area contributed by atoms with Gasteiger partial charge in [0.15, 0.2) is 0 Å². The first-order chi connectivity index (χ1) is 8.11. The second kappa shape index (κ2) is 6.09. The molecule has 0 saturated carbocycles. The molecule has 1 rings (SSSR count). The van der Waals surface area contributed by atoms with Crippen molar-refractivity contribution >= 4 is 11.5 Å². The molecule has 0 fully saturated rings. The molecular weight excluding hydrogens is 216 g/mol. The Morgan fingerprint density at radius 1 is 1.24 bits per heavy atom. The zero-order chi connectivity index (χ0) is 12.8. The number of benzene rings is 1. The topological polar surface area (TPSA) is 35.5 Å². The molecule has 1 aromatic carbocycles. The fraction of sp³-hybridized carbons (Fsp3) is 0.357. The summed E-state index contributed by atoms with van der Waals surface area (Å²) in [5.74, 6) is 0.476. The maximum atomic E-state index is 11.6. The monoisotopic (exact) mass is 234 g/mol. The zero-order valence-corrected chi connectivity index (χ0v) is 10.7. The van der Waals surface area contributed by atoms with Crippen molar-refractivity contribution < 1.29 is 14.3 Å². The van der Waals surface area contributed by atoms with Crippen molar-refractivity contribution in [1.29, 1.82) is 0 Å². The van der Waals surface area contributed by atoms with Gasteiger partial charge in [-0.15, -0.1) is 0 Å². The predicted molar refractivity (Wildman–Crippen MR) is 67.9 cm³/mol. The Kier molecular flexibility index (Phi) is 4.76. The number of para-hydroxylation sites is 1. The van der Waals surface area contributed by atoms with Crippen LogP contribution in [-0.4, -0.2) is 19.7 Å². The lowest BCUT2D eigenvalue weighted by atomic mass is 10.0. The molecule has 0 N–H and O–H groups in total. The molecule has 0 amide bonds. The second-order valence-corrected chi connectivity index (χ2v) is 3.67. The molecule has 92 valence electrons. The summed E-state index contributed by atoms with van der Waals surface area (Å²) < 4.78 is 10.3. The largest absolute Gasteiger partial charge is 0.496 e. The molecule has 3 heteroatoms. The van der Waals surface area contributed by atoms with E-state index < -0.39 is 0 Å². The molecule has 0 aliphatic carbocycles. The molecule has 0 unspecified atom stereocenters. The Morgan fingerprint density at radius 3 is 2.47 bits per heavy atom. The van der Waals surface area contributed by atoms with Crippen LogP contribution in [0.2, 0.25) is 0 Å². The van der Waals surface area contributed by atoms with E-state index in [4.69, 9.17) is 9.47 Å². The van der Waals surface area contributed by atoms with Crippen LogP contribution in [0.1, 0.15) is 26.3 Å². The van der Waals surface area contributed by atoms with E-state index in [0.29, 0.717) is 12.2 Å². The molecule has 0 bridgehead atoms. The summed E-state index contributed by atoms with van der Waals surface area (Å²) in [6, 6.07) is 7.61. The number of rotatable bonds is 4. The summed E-state index contributed by atoms with van der Waals surface area (Å²) in [5, 5.41) is 0. The molecule has 0 spiro atoms. The van der Waals surface area contributed by atoms with Crippen LogP contribution in [0.3, 0.4) is 0 Å². The molecule has 0 aromatic heterocycles. The van der Waals surface area contributed by atoms with E-state index in [-0.39, 0.29) is 5.97 Å². The van der Waals surface area contributed by atoms with Crippen LogP contribution >= 0.6 is 0 Å². The van der Waals surface area contributed by atoms with Gasteiger partial charge in [0.05, 0.1) is 13.7 Å². The number of hydrogen-bond donors (Lipinski definition) is 0. The molecule has 17 heavy (non-hydrogen) atoms. The Hall–Kier alpha value is -1.77. The number of carbonyl (C=O) groups excluding carboxylic acids is 1. The van der Waals surface area contributed by atoms with E-state index in [2.05, 4.69) is 0 Å². The van der Waals surface area contributed by atoms with Crippen LogP contribution in [-0.2, 0) is 9.53 Å². The minimum Gasteiger partial charge on any atom is -0.496 e. The molecular formula is C14H18O3. The van der Waals surface area contributed by atoms with Gasteiger partial charge in [-0.05, 0) is 32.4 Å². The van der Waals surface area contributed by atoms with Crippen molar-refractivity contribution in [3.63, 3.8) is 0 Å². The van der Waals surface area contributed by atoms with Crippen molar-refractivity contribution in [2.75, 3.05) is 13.7 Å². The summed E-state index contributed by atoms with van der Waals surface area (Å²) in [5.41, 5.74) is 2.40. The number of allylic oxidation sites excluding steroid dienone is 1. The standard InChI is InChI=1S/C14H18O3/c1-5-17-14(15)11(3)10(2)12-8-6-7-9-13(12)16-4/h6-9H,5H2,1-4H3/b11-10-. The van der Waals surface area contributed by atoms with Crippen molar-refractivity contribution in [2.24, 2.45) is 0 Å². The normalized spacial score (nSPS) is 11.8. The van der Waals surface area contributed by atoms with Gasteiger partial charge in [0.2, 0.25) is 0 Å². The summed E-state index contributed by atoms with van der Waals surface area (Å²) in [6.45, 7) is 5.84. The van der Waals surface area contributed by atoms with E-state index >= 15 is 0 Å². The first kappa shape index (κ1) is 13.3. The van der Waals surface area contributed by atoms with E-state index in [0.717, 1.165) is 16.9 Å². The van der Waals surface area contributed by atoms with Gasteiger partial charge in [-0.2, -0.15) is 0 Å². The highest BCUT2D eigenvalue weighted by Crippen LogP contribution is 2.27. The van der Waals surface area contributed by atoms with Gasteiger partial charge in [0.25, 0.3) is 0 Å². The number of methoxy groups -OCH3 is 1. The van der Waals surface area contributed by atoms with Crippen LogP contribution in [0.4, 0.5) is 0 Å². The molecule has 0 radical (unpaired) electrons. The Bertz CT molecular complexity index is 433. The molecule has 0 heterocycles. The van der Waals surface area contributed by atoms with Crippen molar-refractivity contribution in [3.8, 4) is 5.75 Å². The minimum absolute atomic E-state index is 0.282. The molecule has 0 saturated heterocycles. The summed E-state index contributed by atoms with van der Waals surface area (Å²) in [6.07, 6.45) is 0. The van der Waals surface area contributed by atoms with Crippen LogP contribution in [0, 0.1) is 0 Å². The predicted octanol–water partition coefficient (Wildman–Crippen LogP) is 3.05. The summed E-state index contributed by atoms with van der Waals surface area (Å²) in [4.78, 5) is 11.6. The van der Waals surface area contributed by atoms with Gasteiger partial charge in [0, 0.05) is 11.1 Å². The molecule has 0 aliphatic rings. The van der Waals surface area contributed by atoms with E-state index in [1.54, 1.807) is 21.0 Å². The fourth-order valence-electron chi connectivity index (χ4n) is 1.55. The third-order valence-corrected chi connectivity index (χ3v) is 2.66. The van der Waals surface area contributed by atoms with Crippen LogP contribution in [0.25, 0.3) is 5.57 Å². The zero-order valence-electron chi connectivity index (χ0n) is 10.7. The van der Waals surface area contributed by atoms with Gasteiger partial charge < -0.3 is 9.47 Å². The highest BCUT2D eigenvalue weighted by molar-refractivity contribution is 5.97. The van der Waals surface area contributed by atoms with E-state index in [9.17, 15) is 4.79 Å². The highest BCUT2D eigenvalue weighted by atomic mass is 16.5. The van der Waals surface area contributed by atoms with Crippen LogP contribution in [0.15, 0.2) is 29.8 Å². The molecule has 0 atom stereocenters. The van der Waals surface area contributed by atoms with Crippen molar-refractivity contribution in [3.05, 3.63) is 35.4 Å². The third-order valence-electron chi connectivity index (χ3n) is 2.66. The quantitative estimate of drug-likeness (QED) is 0.593. The maximum absolute atomic E-state index is 11.6. The summed E-state index contributed by atoms with van der Waals surface area (Å²) in [7, 11) is 1.62. The maximum Gasteiger partial charge on any atom is 0.333 e. The number of hydrogen-bond acceptors (Lipinski definition) is 3. The molecule has 0 aliphatic heterocycles. The molecule has 1 aromatic rings. The van der Waals surface area contributed by atoms with Gasteiger partial charge in [0.1, 0.15) is 5.75 Å². The first-order valence-electron chi connectivity index (χ1n) is 5.59. The minimum atomic E-state index is -0.282. The number of ether oxygens (including phenoxy) is 2. The highest BCUT2D eigenvalue weighted by Gasteiger charge is 2.12. The fourth-order valence-corrected chi connectivity index (χ4v) is 1.55. The lowest BCUT2D eigenvalue weighted by molar-refractivity contribution is -0.138. The Morgan fingerprint density at radius 2 is 1.88 bits per heavy atom. The third kappa shape index (κ3) is 3.09. The van der Waals surface area contributed by atoms with Crippen LogP contribution < -0.4 is 4.74 Å². The van der Waals surface area contributed by atoms with Gasteiger partial charge in [-0.25, -0.2) is 4.79 Å². The van der Waals surface area contributed by atoms with Gasteiger partial charge in [-0.3, -0.25) is 0 Å². The Labute approximate surface area is 102 Å². The van der Waals surface area contributed by atoms with Crippen LogP contribution in [0.5, 0.6) is 5.75 Å². The Balaban J connectivity index is 3.13. The lowest BCUT2D eigenvalue weighted by Crippen LogP contribution is -2.07. The van der Waals surface area contributed by atoms with Gasteiger partial charge in [-0.1, -0.05) is 18.2 Å².